The molecule has 1 fully saturated rings. The molecule has 0 aromatic heterocycles. The highest BCUT2D eigenvalue weighted by atomic mass is 16.4. The van der Waals surface area contributed by atoms with E-state index in [-0.39, 0.29) is 6.03 Å². The number of carboxylic acids is 1. The summed E-state index contributed by atoms with van der Waals surface area (Å²) >= 11 is 0. The van der Waals surface area contributed by atoms with Gasteiger partial charge >= 0.3 is 12.0 Å². The highest BCUT2D eigenvalue weighted by Gasteiger charge is 2.20. The molecule has 1 aliphatic carbocycles. The van der Waals surface area contributed by atoms with E-state index < -0.39 is 12.0 Å². The predicted octanol–water partition coefficient (Wildman–Crippen LogP) is 2.76. The highest BCUT2D eigenvalue weighted by molar-refractivity contribution is 5.82. The van der Waals surface area contributed by atoms with E-state index in [1.165, 1.54) is 25.7 Å². The zero-order valence-corrected chi connectivity index (χ0v) is 12.7. The molecule has 0 spiro atoms. The Balaban J connectivity index is 2.17. The van der Waals surface area contributed by atoms with E-state index >= 15 is 0 Å². The molecule has 0 aromatic carbocycles. The van der Waals surface area contributed by atoms with Gasteiger partial charge < -0.3 is 15.7 Å². The van der Waals surface area contributed by atoms with Crippen LogP contribution in [-0.4, -0.2) is 29.7 Å². The van der Waals surface area contributed by atoms with Gasteiger partial charge in [0, 0.05) is 6.54 Å². The van der Waals surface area contributed by atoms with Crippen LogP contribution in [0, 0.1) is 11.8 Å². The first-order valence-corrected chi connectivity index (χ1v) is 7.80. The molecular weight excluding hydrogens is 256 g/mol. The van der Waals surface area contributed by atoms with Crippen LogP contribution in [0.3, 0.4) is 0 Å². The number of aliphatic carboxylic acids is 1. The van der Waals surface area contributed by atoms with E-state index in [0.29, 0.717) is 18.9 Å². The molecular formula is C15H28N2O3. The van der Waals surface area contributed by atoms with Crippen LogP contribution in [0.15, 0.2) is 0 Å². The first-order valence-electron chi connectivity index (χ1n) is 7.80. The van der Waals surface area contributed by atoms with Crippen molar-refractivity contribution in [3.05, 3.63) is 0 Å². The van der Waals surface area contributed by atoms with E-state index in [0.717, 1.165) is 18.8 Å². The second-order valence-electron chi connectivity index (χ2n) is 5.99. The molecule has 1 rings (SSSR count). The summed E-state index contributed by atoms with van der Waals surface area (Å²) in [5, 5.41) is 14.2. The van der Waals surface area contributed by atoms with Gasteiger partial charge in [0.25, 0.3) is 0 Å². The maximum atomic E-state index is 11.6. The number of rotatable bonds is 7. The number of urea groups is 1. The summed E-state index contributed by atoms with van der Waals surface area (Å²) in [6, 6.07) is -1.15. The quantitative estimate of drug-likeness (QED) is 0.672. The van der Waals surface area contributed by atoms with Gasteiger partial charge in [-0.15, -0.1) is 0 Å². The molecule has 3 N–H and O–H groups in total. The second kappa shape index (κ2) is 8.82. The number of hydrogen-bond donors (Lipinski definition) is 3. The standard InChI is InChI=1S/C15H28N2O3/c1-3-4-13(14(18)19)17-15(20)16-10-9-12-7-5-11(2)6-8-12/h11-13H,3-10H2,1-2H3,(H,18,19)(H2,16,17,20)/t11?,12?,13-/m1/s1. The monoisotopic (exact) mass is 284 g/mol. The molecule has 0 bridgehead atoms. The first-order chi connectivity index (χ1) is 9.52. The molecule has 0 unspecified atom stereocenters. The molecule has 5 nitrogen and oxygen atoms in total. The van der Waals surface area contributed by atoms with Crippen LogP contribution in [0.4, 0.5) is 4.79 Å². The average molecular weight is 284 g/mol. The minimum absolute atomic E-state index is 0.366. The van der Waals surface area contributed by atoms with Crippen LogP contribution in [-0.2, 0) is 4.79 Å². The van der Waals surface area contributed by atoms with E-state index in [1.807, 2.05) is 6.92 Å². The zero-order chi connectivity index (χ0) is 15.0. The van der Waals surface area contributed by atoms with Crippen LogP contribution in [0.5, 0.6) is 0 Å². The lowest BCUT2D eigenvalue weighted by molar-refractivity contribution is -0.139. The smallest absolute Gasteiger partial charge is 0.326 e. The molecule has 0 radical (unpaired) electrons. The maximum Gasteiger partial charge on any atom is 0.326 e. The van der Waals surface area contributed by atoms with Crippen molar-refractivity contribution in [3.8, 4) is 0 Å². The fourth-order valence-corrected chi connectivity index (χ4v) is 2.76. The molecule has 116 valence electrons. The normalized spacial score (nSPS) is 23.9. The molecule has 1 atom stereocenters. The predicted molar refractivity (Wildman–Crippen MR) is 78.6 cm³/mol. The fourth-order valence-electron chi connectivity index (χ4n) is 2.76. The number of amides is 2. The van der Waals surface area contributed by atoms with Crippen molar-refractivity contribution in [2.75, 3.05) is 6.54 Å². The van der Waals surface area contributed by atoms with Crippen molar-refractivity contribution >= 4 is 12.0 Å². The van der Waals surface area contributed by atoms with Crippen LogP contribution in [0.2, 0.25) is 0 Å². The SMILES string of the molecule is CCC[C@@H](NC(=O)NCCC1CCC(C)CC1)C(=O)O. The van der Waals surface area contributed by atoms with Crippen molar-refractivity contribution in [1.82, 2.24) is 10.6 Å². The van der Waals surface area contributed by atoms with Gasteiger partial charge in [-0.1, -0.05) is 46.0 Å². The van der Waals surface area contributed by atoms with E-state index in [2.05, 4.69) is 17.6 Å². The van der Waals surface area contributed by atoms with Crippen LogP contribution < -0.4 is 10.6 Å². The summed E-state index contributed by atoms with van der Waals surface area (Å²) in [4.78, 5) is 22.6. The molecule has 20 heavy (non-hydrogen) atoms. The first kappa shape index (κ1) is 16.8. The van der Waals surface area contributed by atoms with Gasteiger partial charge in [0.05, 0.1) is 0 Å². The summed E-state index contributed by atoms with van der Waals surface area (Å²) in [7, 11) is 0. The second-order valence-corrected chi connectivity index (χ2v) is 5.99. The Morgan fingerprint density at radius 1 is 1.25 bits per heavy atom. The number of hydrogen-bond acceptors (Lipinski definition) is 2. The molecule has 1 saturated carbocycles. The van der Waals surface area contributed by atoms with Gasteiger partial charge in [-0.3, -0.25) is 0 Å². The number of nitrogens with one attached hydrogen (secondary N) is 2. The average Bonchev–Trinajstić information content (AvgIpc) is 2.40. The Labute approximate surface area is 121 Å². The Morgan fingerprint density at radius 3 is 2.45 bits per heavy atom. The van der Waals surface area contributed by atoms with Gasteiger partial charge in [0.2, 0.25) is 0 Å². The molecule has 0 heterocycles. The lowest BCUT2D eigenvalue weighted by atomic mass is 9.81. The summed E-state index contributed by atoms with van der Waals surface area (Å²) < 4.78 is 0. The van der Waals surface area contributed by atoms with Crippen LogP contribution >= 0.6 is 0 Å². The largest absolute Gasteiger partial charge is 0.480 e. The molecule has 1 aliphatic rings. The van der Waals surface area contributed by atoms with E-state index in [1.54, 1.807) is 0 Å². The third-order valence-electron chi connectivity index (χ3n) is 4.15. The minimum Gasteiger partial charge on any atom is -0.480 e. The molecule has 0 saturated heterocycles. The summed E-state index contributed by atoms with van der Waals surface area (Å²) in [5.41, 5.74) is 0. The minimum atomic E-state index is -0.969. The third-order valence-corrected chi connectivity index (χ3v) is 4.15. The van der Waals surface area contributed by atoms with Crippen molar-refractivity contribution in [2.24, 2.45) is 11.8 Å². The lowest BCUT2D eigenvalue weighted by Gasteiger charge is -2.26. The third kappa shape index (κ3) is 6.26. The topological polar surface area (TPSA) is 78.4 Å². The van der Waals surface area contributed by atoms with Gasteiger partial charge in [-0.05, 0) is 24.7 Å². The number of carbonyl (C=O) groups is 2. The lowest BCUT2D eigenvalue weighted by Crippen LogP contribution is -2.46. The maximum absolute atomic E-state index is 11.6. The van der Waals surface area contributed by atoms with E-state index in [4.69, 9.17) is 5.11 Å². The molecule has 0 aromatic rings. The fraction of sp³-hybridized carbons (Fsp3) is 0.867. The Morgan fingerprint density at radius 2 is 1.90 bits per heavy atom. The molecule has 5 heteroatoms. The van der Waals surface area contributed by atoms with Gasteiger partial charge in [0.1, 0.15) is 6.04 Å². The van der Waals surface area contributed by atoms with Crippen molar-refractivity contribution < 1.29 is 14.7 Å². The Bertz CT molecular complexity index is 312. The highest BCUT2D eigenvalue weighted by Crippen LogP contribution is 2.29. The summed E-state index contributed by atoms with van der Waals surface area (Å²) in [6.07, 6.45) is 7.26. The Hall–Kier alpha value is -1.26. The zero-order valence-electron chi connectivity index (χ0n) is 12.7. The van der Waals surface area contributed by atoms with E-state index in [9.17, 15) is 9.59 Å². The Kier molecular flexibility index (Phi) is 7.41. The molecule has 2 amide bonds. The van der Waals surface area contributed by atoms with Crippen molar-refractivity contribution in [1.29, 1.82) is 0 Å². The van der Waals surface area contributed by atoms with Crippen molar-refractivity contribution in [3.63, 3.8) is 0 Å². The molecule has 0 aliphatic heterocycles. The van der Waals surface area contributed by atoms with Gasteiger partial charge in [-0.2, -0.15) is 0 Å². The van der Waals surface area contributed by atoms with Gasteiger partial charge in [-0.25, -0.2) is 9.59 Å². The van der Waals surface area contributed by atoms with Crippen molar-refractivity contribution in [2.45, 2.75) is 64.8 Å². The summed E-state index contributed by atoms with van der Waals surface area (Å²) in [6.45, 7) is 4.82. The summed E-state index contributed by atoms with van der Waals surface area (Å²) in [5.74, 6) is 0.577. The van der Waals surface area contributed by atoms with Gasteiger partial charge in [0.15, 0.2) is 0 Å². The number of carboxylic acid groups (broad SMARTS) is 1. The van der Waals surface area contributed by atoms with Crippen LogP contribution in [0.1, 0.15) is 58.8 Å². The number of carbonyl (C=O) groups excluding carboxylic acids is 1. The van der Waals surface area contributed by atoms with Crippen LogP contribution in [0.25, 0.3) is 0 Å².